The SMILES string of the molecule is c1cc(-c2ccnc3ccc(-c4cnc5c(c4)SN4CCCCN54)cc23)ccn1. The molecule has 0 aliphatic carbocycles. The van der Waals surface area contributed by atoms with Gasteiger partial charge in [0, 0.05) is 48.8 Å². The van der Waals surface area contributed by atoms with Gasteiger partial charge in [0.25, 0.3) is 0 Å². The first-order valence-corrected chi connectivity index (χ1v) is 10.7. The molecule has 0 saturated carbocycles. The van der Waals surface area contributed by atoms with E-state index in [-0.39, 0.29) is 0 Å². The molecule has 29 heavy (non-hydrogen) atoms. The minimum absolute atomic E-state index is 0.995. The smallest absolute Gasteiger partial charge is 0.158 e. The average molecular weight is 398 g/mol. The monoisotopic (exact) mass is 397 g/mol. The summed E-state index contributed by atoms with van der Waals surface area (Å²) in [5, 5.41) is 3.46. The second-order valence-corrected chi connectivity index (χ2v) is 8.41. The first kappa shape index (κ1) is 16.9. The van der Waals surface area contributed by atoms with E-state index >= 15 is 0 Å². The lowest BCUT2D eigenvalue weighted by Gasteiger charge is -2.31. The average Bonchev–Trinajstić information content (AvgIpc) is 3.17. The highest BCUT2D eigenvalue weighted by Crippen LogP contribution is 2.44. The van der Waals surface area contributed by atoms with Crippen LogP contribution < -0.4 is 5.01 Å². The van der Waals surface area contributed by atoms with Crippen molar-refractivity contribution in [1.29, 1.82) is 0 Å². The molecule has 142 valence electrons. The summed E-state index contributed by atoms with van der Waals surface area (Å²) >= 11 is 1.81. The van der Waals surface area contributed by atoms with Crippen LogP contribution in [-0.4, -0.2) is 32.5 Å². The maximum atomic E-state index is 4.82. The molecule has 0 N–H and O–H groups in total. The lowest BCUT2D eigenvalue weighted by atomic mass is 9.98. The van der Waals surface area contributed by atoms with Crippen LogP contribution in [0.25, 0.3) is 33.2 Å². The van der Waals surface area contributed by atoms with Crippen molar-refractivity contribution >= 4 is 28.7 Å². The number of fused-ring (bicyclic) bond motifs is 4. The lowest BCUT2D eigenvalue weighted by Crippen LogP contribution is -2.40. The van der Waals surface area contributed by atoms with Gasteiger partial charge in [-0.2, -0.15) is 4.41 Å². The molecule has 1 saturated heterocycles. The van der Waals surface area contributed by atoms with E-state index in [0.29, 0.717) is 0 Å². The molecule has 1 aromatic carbocycles. The number of hydrazine groups is 1. The third kappa shape index (κ3) is 2.87. The summed E-state index contributed by atoms with van der Waals surface area (Å²) < 4.78 is 2.34. The van der Waals surface area contributed by atoms with E-state index in [2.05, 4.69) is 49.7 Å². The lowest BCUT2D eigenvalue weighted by molar-refractivity contribution is 0.369. The molecule has 0 unspecified atom stereocenters. The number of benzene rings is 1. The molecule has 2 aliphatic heterocycles. The molecule has 6 rings (SSSR count). The molecule has 0 bridgehead atoms. The van der Waals surface area contributed by atoms with E-state index in [9.17, 15) is 0 Å². The molecule has 5 heterocycles. The van der Waals surface area contributed by atoms with Gasteiger partial charge in [0.2, 0.25) is 0 Å². The molecule has 6 heteroatoms. The number of pyridine rings is 3. The summed E-state index contributed by atoms with van der Waals surface area (Å²) in [5.41, 5.74) is 5.62. The molecule has 0 spiro atoms. The second-order valence-electron chi connectivity index (χ2n) is 7.37. The molecule has 2 aliphatic rings. The Hall–Kier alpha value is -2.96. The van der Waals surface area contributed by atoms with Crippen LogP contribution in [0.3, 0.4) is 0 Å². The third-order valence-electron chi connectivity index (χ3n) is 5.59. The summed E-state index contributed by atoms with van der Waals surface area (Å²) in [6, 6.07) is 14.9. The maximum Gasteiger partial charge on any atom is 0.158 e. The van der Waals surface area contributed by atoms with Crippen molar-refractivity contribution in [2.24, 2.45) is 0 Å². The van der Waals surface area contributed by atoms with E-state index in [4.69, 9.17) is 4.98 Å². The van der Waals surface area contributed by atoms with E-state index in [1.165, 1.54) is 23.3 Å². The molecular weight excluding hydrogens is 378 g/mol. The number of nitrogens with zero attached hydrogens (tertiary/aromatic N) is 5. The highest BCUT2D eigenvalue weighted by molar-refractivity contribution is 7.97. The number of hydrogen-bond acceptors (Lipinski definition) is 6. The topological polar surface area (TPSA) is 45.2 Å². The fraction of sp³-hybridized carbons (Fsp3) is 0.174. The van der Waals surface area contributed by atoms with Crippen LogP contribution in [0.2, 0.25) is 0 Å². The van der Waals surface area contributed by atoms with Crippen molar-refractivity contribution in [2.75, 3.05) is 18.1 Å². The molecule has 0 amide bonds. The van der Waals surface area contributed by atoms with Crippen molar-refractivity contribution < 1.29 is 0 Å². The van der Waals surface area contributed by atoms with Crippen molar-refractivity contribution in [1.82, 2.24) is 19.4 Å². The van der Waals surface area contributed by atoms with Gasteiger partial charge >= 0.3 is 0 Å². The van der Waals surface area contributed by atoms with Gasteiger partial charge < -0.3 is 0 Å². The van der Waals surface area contributed by atoms with Gasteiger partial charge in [-0.25, -0.2) is 4.98 Å². The maximum absolute atomic E-state index is 4.82. The number of rotatable bonds is 2. The number of anilines is 1. The van der Waals surface area contributed by atoms with Gasteiger partial charge in [-0.05, 0) is 77.9 Å². The Bertz CT molecular complexity index is 1210. The van der Waals surface area contributed by atoms with Crippen molar-refractivity contribution in [2.45, 2.75) is 17.7 Å². The van der Waals surface area contributed by atoms with Gasteiger partial charge in [0.1, 0.15) is 0 Å². The van der Waals surface area contributed by atoms with E-state index in [1.54, 1.807) is 0 Å². The minimum Gasteiger partial charge on any atom is -0.278 e. The summed E-state index contributed by atoms with van der Waals surface area (Å²) in [5.74, 6) is 1.10. The Kier molecular flexibility index (Phi) is 3.99. The molecule has 3 aromatic heterocycles. The zero-order valence-corrected chi connectivity index (χ0v) is 16.6. The van der Waals surface area contributed by atoms with Crippen LogP contribution in [0.15, 0.2) is 72.1 Å². The van der Waals surface area contributed by atoms with Crippen LogP contribution in [0, 0.1) is 0 Å². The number of aromatic nitrogens is 3. The molecule has 1 fully saturated rings. The van der Waals surface area contributed by atoms with Crippen LogP contribution in [-0.2, 0) is 0 Å². The Labute approximate surface area is 173 Å². The summed E-state index contributed by atoms with van der Waals surface area (Å²) in [6.45, 7) is 2.15. The fourth-order valence-electron chi connectivity index (χ4n) is 4.13. The molecule has 0 atom stereocenters. The van der Waals surface area contributed by atoms with Gasteiger partial charge in [-0.1, -0.05) is 6.07 Å². The van der Waals surface area contributed by atoms with Gasteiger partial charge in [0.05, 0.1) is 10.4 Å². The normalized spacial score (nSPS) is 16.1. The Morgan fingerprint density at radius 3 is 2.62 bits per heavy atom. The highest BCUT2D eigenvalue weighted by Gasteiger charge is 2.31. The minimum atomic E-state index is 0.995. The largest absolute Gasteiger partial charge is 0.278 e. The zero-order valence-electron chi connectivity index (χ0n) is 15.8. The van der Waals surface area contributed by atoms with E-state index in [0.717, 1.165) is 46.5 Å². The van der Waals surface area contributed by atoms with Crippen LogP contribution in [0.1, 0.15) is 12.8 Å². The second kappa shape index (κ2) is 6.83. The third-order valence-corrected chi connectivity index (χ3v) is 6.67. The van der Waals surface area contributed by atoms with E-state index < -0.39 is 0 Å². The first-order chi connectivity index (χ1) is 14.4. The highest BCUT2D eigenvalue weighted by atomic mass is 32.2. The van der Waals surface area contributed by atoms with Crippen molar-refractivity contribution in [3.8, 4) is 22.3 Å². The Balaban J connectivity index is 1.45. The Morgan fingerprint density at radius 2 is 1.69 bits per heavy atom. The van der Waals surface area contributed by atoms with Crippen LogP contribution in [0.5, 0.6) is 0 Å². The van der Waals surface area contributed by atoms with Crippen LogP contribution >= 0.6 is 11.9 Å². The van der Waals surface area contributed by atoms with Gasteiger partial charge in [0.15, 0.2) is 5.82 Å². The first-order valence-electron chi connectivity index (χ1n) is 9.89. The van der Waals surface area contributed by atoms with Gasteiger partial charge in [-0.3, -0.25) is 15.0 Å². The van der Waals surface area contributed by atoms with Crippen molar-refractivity contribution in [3.05, 3.63) is 67.3 Å². The molecule has 5 nitrogen and oxygen atoms in total. The summed E-state index contributed by atoms with van der Waals surface area (Å²) in [4.78, 5) is 14.8. The van der Waals surface area contributed by atoms with Gasteiger partial charge in [-0.15, -0.1) is 0 Å². The summed E-state index contributed by atoms with van der Waals surface area (Å²) in [6.07, 6.45) is 10.0. The molecular formula is C23H19N5S. The zero-order chi connectivity index (χ0) is 19.2. The predicted molar refractivity (Wildman–Crippen MR) is 117 cm³/mol. The quantitative estimate of drug-likeness (QED) is 0.434. The Morgan fingerprint density at radius 1 is 0.793 bits per heavy atom. The molecule has 0 radical (unpaired) electrons. The van der Waals surface area contributed by atoms with E-state index in [1.807, 2.05) is 48.9 Å². The fourth-order valence-corrected chi connectivity index (χ4v) is 5.25. The standard InChI is InChI=1S/C23H19N5S/c1-2-12-28-27(11-1)23-22(29-28)14-18(15-26-23)17-3-4-21-20(13-17)19(7-10-25-21)16-5-8-24-9-6-16/h3-10,13-15H,1-2,11-12H2. The van der Waals surface area contributed by atoms with Crippen molar-refractivity contribution in [3.63, 3.8) is 0 Å². The predicted octanol–water partition coefficient (Wildman–Crippen LogP) is 5.20. The van der Waals surface area contributed by atoms with Crippen LogP contribution in [0.4, 0.5) is 5.82 Å². The molecule has 4 aromatic rings. The summed E-state index contributed by atoms with van der Waals surface area (Å²) in [7, 11) is 0. The number of hydrogen-bond donors (Lipinski definition) is 0.